The first kappa shape index (κ1) is 12.9. The highest BCUT2D eigenvalue weighted by Gasteiger charge is 2.00. The van der Waals surface area contributed by atoms with E-state index in [1.807, 2.05) is 20.8 Å². The van der Waals surface area contributed by atoms with Crippen molar-refractivity contribution in [1.29, 1.82) is 0 Å². The van der Waals surface area contributed by atoms with Crippen LogP contribution in [-0.4, -0.2) is 23.2 Å². The third-order valence-electron chi connectivity index (χ3n) is 1.60. The van der Waals surface area contributed by atoms with Crippen LogP contribution in [0.3, 0.4) is 0 Å². The number of rotatable bonds is 2. The van der Waals surface area contributed by atoms with E-state index in [4.69, 9.17) is 10.8 Å². The molecule has 1 unspecified atom stereocenters. The maximum Gasteiger partial charge on any atom is 0.225 e. The molecule has 1 heterocycles. The number of anilines is 1. The number of aliphatic hydroxyl groups is 1. The summed E-state index contributed by atoms with van der Waals surface area (Å²) in [4.78, 5) is 0. The summed E-state index contributed by atoms with van der Waals surface area (Å²) in [6.45, 7) is 7.74. The second-order valence-corrected chi connectivity index (χ2v) is 2.81. The molecule has 1 aromatic rings. The molecule has 0 aromatic carbocycles. The van der Waals surface area contributed by atoms with Crippen LogP contribution in [0.4, 0.5) is 5.88 Å². The van der Waals surface area contributed by atoms with Gasteiger partial charge in [0.1, 0.15) is 0 Å². The van der Waals surface area contributed by atoms with Crippen LogP contribution in [0.1, 0.15) is 25.1 Å². The first-order valence-electron chi connectivity index (χ1n) is 4.47. The number of nitrogens with zero attached hydrogens (tertiary/aromatic N) is 1. The van der Waals surface area contributed by atoms with Crippen LogP contribution < -0.4 is 5.73 Å². The summed E-state index contributed by atoms with van der Waals surface area (Å²) in [6.07, 6.45) is -0.602. The van der Waals surface area contributed by atoms with Crippen molar-refractivity contribution in [2.75, 3.05) is 12.3 Å². The standard InChI is InChI=1S/C5H8N2O.C4H10O2/c1-3-4(2)7-8-5(3)6;1-3-6-4(2)5/h6H2,1-2H3;4-5H,3H2,1-2H3. The van der Waals surface area contributed by atoms with Crippen molar-refractivity contribution in [2.24, 2.45) is 0 Å². The van der Waals surface area contributed by atoms with Crippen molar-refractivity contribution < 1.29 is 14.4 Å². The molecule has 0 saturated carbocycles. The number of hydrogen-bond acceptors (Lipinski definition) is 5. The van der Waals surface area contributed by atoms with Gasteiger partial charge in [-0.25, -0.2) is 0 Å². The van der Waals surface area contributed by atoms with Crippen LogP contribution in [0, 0.1) is 13.8 Å². The van der Waals surface area contributed by atoms with Crippen molar-refractivity contribution in [1.82, 2.24) is 5.16 Å². The Balaban J connectivity index is 0.000000255. The van der Waals surface area contributed by atoms with Gasteiger partial charge in [-0.2, -0.15) is 0 Å². The summed E-state index contributed by atoms with van der Waals surface area (Å²) < 4.78 is 9.22. The highest BCUT2D eigenvalue weighted by atomic mass is 16.6. The fourth-order valence-electron chi connectivity index (χ4n) is 0.674. The average molecular weight is 202 g/mol. The quantitative estimate of drug-likeness (QED) is 0.705. The molecule has 14 heavy (non-hydrogen) atoms. The van der Waals surface area contributed by atoms with E-state index in [1.165, 1.54) is 0 Å². The van der Waals surface area contributed by atoms with Gasteiger partial charge in [0.2, 0.25) is 5.88 Å². The molecule has 0 saturated heterocycles. The Bertz CT molecular complexity index is 239. The molecule has 5 nitrogen and oxygen atoms in total. The Kier molecular flexibility index (Phi) is 5.91. The third-order valence-corrected chi connectivity index (χ3v) is 1.60. The number of aryl methyl sites for hydroxylation is 1. The van der Waals surface area contributed by atoms with Crippen LogP contribution in [0.2, 0.25) is 0 Å². The molecular formula is C9H18N2O3. The van der Waals surface area contributed by atoms with Gasteiger partial charge in [0.25, 0.3) is 0 Å². The Morgan fingerprint density at radius 1 is 1.57 bits per heavy atom. The van der Waals surface area contributed by atoms with Gasteiger partial charge in [-0.3, -0.25) is 0 Å². The Morgan fingerprint density at radius 3 is 2.21 bits per heavy atom. The van der Waals surface area contributed by atoms with E-state index in [1.54, 1.807) is 6.92 Å². The number of nitrogen functional groups attached to an aromatic ring is 1. The van der Waals surface area contributed by atoms with E-state index in [-0.39, 0.29) is 0 Å². The van der Waals surface area contributed by atoms with Crippen LogP contribution in [0.5, 0.6) is 0 Å². The first-order valence-corrected chi connectivity index (χ1v) is 4.47. The molecule has 0 amide bonds. The molecule has 0 radical (unpaired) electrons. The monoisotopic (exact) mass is 202 g/mol. The van der Waals surface area contributed by atoms with Crippen molar-refractivity contribution in [3.05, 3.63) is 11.3 Å². The lowest BCUT2D eigenvalue weighted by atomic mass is 10.3. The number of ether oxygens (including phenoxy) is 1. The second-order valence-electron chi connectivity index (χ2n) is 2.81. The van der Waals surface area contributed by atoms with Gasteiger partial charge < -0.3 is 20.1 Å². The molecule has 0 bridgehead atoms. The smallest absolute Gasteiger partial charge is 0.225 e. The Labute approximate surface area is 83.8 Å². The molecular weight excluding hydrogens is 184 g/mol. The summed E-state index contributed by atoms with van der Waals surface area (Å²) in [5.41, 5.74) is 7.11. The van der Waals surface area contributed by atoms with Gasteiger partial charge in [-0.15, -0.1) is 0 Å². The third kappa shape index (κ3) is 4.84. The van der Waals surface area contributed by atoms with E-state index in [0.29, 0.717) is 12.5 Å². The van der Waals surface area contributed by atoms with Gasteiger partial charge in [-0.05, 0) is 27.7 Å². The minimum Gasteiger partial charge on any atom is -0.368 e. The number of hydrogen-bond donors (Lipinski definition) is 2. The topological polar surface area (TPSA) is 81.5 Å². The molecule has 5 heteroatoms. The van der Waals surface area contributed by atoms with Crippen molar-refractivity contribution in [3.8, 4) is 0 Å². The summed E-state index contributed by atoms with van der Waals surface area (Å²) in [7, 11) is 0. The van der Waals surface area contributed by atoms with Crippen molar-refractivity contribution in [2.45, 2.75) is 34.0 Å². The lowest BCUT2D eigenvalue weighted by molar-refractivity contribution is -0.0800. The Hall–Kier alpha value is -1.07. The summed E-state index contributed by atoms with van der Waals surface area (Å²) >= 11 is 0. The fourth-order valence-corrected chi connectivity index (χ4v) is 0.674. The molecule has 3 N–H and O–H groups in total. The molecule has 1 atom stereocenters. The first-order chi connectivity index (χ1) is 6.49. The average Bonchev–Trinajstić information content (AvgIpc) is 2.37. The molecule has 0 aliphatic carbocycles. The van der Waals surface area contributed by atoms with E-state index in [0.717, 1.165) is 11.3 Å². The zero-order valence-electron chi connectivity index (χ0n) is 9.07. The van der Waals surface area contributed by atoms with Crippen LogP contribution in [0.25, 0.3) is 0 Å². The van der Waals surface area contributed by atoms with Gasteiger partial charge in [0.15, 0.2) is 6.29 Å². The van der Waals surface area contributed by atoms with E-state index < -0.39 is 6.29 Å². The zero-order chi connectivity index (χ0) is 11.1. The summed E-state index contributed by atoms with van der Waals surface area (Å²) in [5.74, 6) is 0.419. The normalized spacial score (nSPS) is 11.8. The summed E-state index contributed by atoms with van der Waals surface area (Å²) in [6, 6.07) is 0. The minimum atomic E-state index is -0.602. The largest absolute Gasteiger partial charge is 0.368 e. The number of nitrogens with two attached hydrogens (primary N) is 1. The molecule has 0 aliphatic rings. The SMILES string of the molecule is CCOC(C)O.Cc1noc(N)c1C. The molecule has 0 aliphatic heterocycles. The van der Waals surface area contributed by atoms with Gasteiger partial charge in [0.05, 0.1) is 5.69 Å². The van der Waals surface area contributed by atoms with Gasteiger partial charge >= 0.3 is 0 Å². The van der Waals surface area contributed by atoms with Crippen LogP contribution in [0.15, 0.2) is 4.52 Å². The van der Waals surface area contributed by atoms with E-state index >= 15 is 0 Å². The highest BCUT2D eigenvalue weighted by Crippen LogP contribution is 2.11. The van der Waals surface area contributed by atoms with Crippen molar-refractivity contribution >= 4 is 5.88 Å². The maximum atomic E-state index is 8.33. The van der Waals surface area contributed by atoms with E-state index in [2.05, 4.69) is 14.4 Å². The van der Waals surface area contributed by atoms with Gasteiger partial charge in [-0.1, -0.05) is 5.16 Å². The molecule has 0 spiro atoms. The molecule has 82 valence electrons. The molecule has 1 rings (SSSR count). The van der Waals surface area contributed by atoms with Crippen LogP contribution >= 0.6 is 0 Å². The minimum absolute atomic E-state index is 0.419. The predicted octanol–water partition coefficient (Wildman–Crippen LogP) is 1.23. The highest BCUT2D eigenvalue weighted by molar-refractivity contribution is 5.36. The zero-order valence-corrected chi connectivity index (χ0v) is 9.07. The lowest BCUT2D eigenvalue weighted by Gasteiger charge is -1.99. The fraction of sp³-hybridized carbons (Fsp3) is 0.667. The second kappa shape index (κ2) is 6.39. The molecule has 0 fully saturated rings. The van der Waals surface area contributed by atoms with Crippen LogP contribution in [-0.2, 0) is 4.74 Å². The number of aliphatic hydroxyl groups excluding tert-OH is 1. The maximum absolute atomic E-state index is 8.33. The Morgan fingerprint density at radius 2 is 2.14 bits per heavy atom. The van der Waals surface area contributed by atoms with E-state index in [9.17, 15) is 0 Å². The van der Waals surface area contributed by atoms with Gasteiger partial charge in [0, 0.05) is 12.2 Å². The lowest BCUT2D eigenvalue weighted by Crippen LogP contribution is -2.04. The predicted molar refractivity (Wildman–Crippen MR) is 53.7 cm³/mol. The van der Waals surface area contributed by atoms with Crippen molar-refractivity contribution in [3.63, 3.8) is 0 Å². The summed E-state index contributed by atoms with van der Waals surface area (Å²) in [5, 5.41) is 11.9. The molecule has 1 aromatic heterocycles. The number of aromatic nitrogens is 1.